The number of benzene rings is 2. The van der Waals surface area contributed by atoms with Crippen LogP contribution in [0.15, 0.2) is 42.5 Å². The molecule has 1 saturated heterocycles. The van der Waals surface area contributed by atoms with Crippen LogP contribution in [0.1, 0.15) is 43.7 Å². The number of ether oxygens (including phenoxy) is 1. The molecule has 2 atom stereocenters. The second kappa shape index (κ2) is 8.46. The lowest BCUT2D eigenvalue weighted by Crippen LogP contribution is -2.28. The van der Waals surface area contributed by atoms with Gasteiger partial charge in [0.2, 0.25) is 11.8 Å². The summed E-state index contributed by atoms with van der Waals surface area (Å²) >= 11 is 0. The average molecular weight is 380 g/mol. The van der Waals surface area contributed by atoms with Crippen molar-refractivity contribution in [3.8, 4) is 5.75 Å². The smallest absolute Gasteiger partial charge is 0.229 e. The number of nitrogens with zero attached hydrogens (tertiary/aromatic N) is 1. The zero-order valence-corrected chi connectivity index (χ0v) is 17.0. The number of carbonyl (C=O) groups is 2. The predicted molar refractivity (Wildman–Crippen MR) is 112 cm³/mol. The molecular weight excluding hydrogens is 352 g/mol. The van der Waals surface area contributed by atoms with Crippen molar-refractivity contribution in [2.75, 3.05) is 23.9 Å². The lowest BCUT2D eigenvalue weighted by molar-refractivity contribution is -0.122. The van der Waals surface area contributed by atoms with Crippen LogP contribution < -0.4 is 15.0 Å². The van der Waals surface area contributed by atoms with Gasteiger partial charge in [0, 0.05) is 18.7 Å². The van der Waals surface area contributed by atoms with Gasteiger partial charge in [0.25, 0.3) is 0 Å². The van der Waals surface area contributed by atoms with Crippen LogP contribution in [0.2, 0.25) is 0 Å². The zero-order chi connectivity index (χ0) is 20.3. The number of methoxy groups -OCH3 is 1. The van der Waals surface area contributed by atoms with E-state index in [1.807, 2.05) is 49.4 Å². The molecule has 1 aliphatic heterocycles. The Morgan fingerprint density at radius 3 is 2.75 bits per heavy atom. The van der Waals surface area contributed by atoms with Gasteiger partial charge in [-0.2, -0.15) is 0 Å². The first-order chi connectivity index (χ1) is 13.4. The Morgan fingerprint density at radius 2 is 2.04 bits per heavy atom. The molecule has 0 bridgehead atoms. The molecule has 1 fully saturated rings. The maximum atomic E-state index is 12.9. The molecule has 0 aromatic heterocycles. The largest absolute Gasteiger partial charge is 0.495 e. The first kappa shape index (κ1) is 19.9. The summed E-state index contributed by atoms with van der Waals surface area (Å²) in [4.78, 5) is 27.2. The molecule has 1 aliphatic rings. The van der Waals surface area contributed by atoms with Crippen molar-refractivity contribution in [1.29, 1.82) is 0 Å². The van der Waals surface area contributed by atoms with E-state index in [1.54, 1.807) is 12.0 Å². The summed E-state index contributed by atoms with van der Waals surface area (Å²) in [5.41, 5.74) is 3.72. The minimum atomic E-state index is -0.386. The quantitative estimate of drug-likeness (QED) is 0.802. The van der Waals surface area contributed by atoms with Gasteiger partial charge in [-0.1, -0.05) is 38.1 Å². The van der Waals surface area contributed by atoms with Crippen LogP contribution in [0.3, 0.4) is 0 Å². The standard InChI is InChI=1S/C23H28N2O3/c1-5-16(3)18-8-6-7-9-19(18)24-23(27)17-13-22(26)25(14-17)20-12-15(2)10-11-21(20)28-4/h6-12,16-17H,5,13-14H2,1-4H3,(H,24,27). The van der Waals surface area contributed by atoms with Gasteiger partial charge in [-0.15, -0.1) is 0 Å². The van der Waals surface area contributed by atoms with Gasteiger partial charge in [0.05, 0.1) is 18.7 Å². The van der Waals surface area contributed by atoms with E-state index >= 15 is 0 Å². The van der Waals surface area contributed by atoms with Gasteiger partial charge < -0.3 is 15.0 Å². The highest BCUT2D eigenvalue weighted by Crippen LogP contribution is 2.34. The Balaban J connectivity index is 1.78. The van der Waals surface area contributed by atoms with Crippen LogP contribution in [-0.4, -0.2) is 25.5 Å². The summed E-state index contributed by atoms with van der Waals surface area (Å²) in [6, 6.07) is 13.6. The highest BCUT2D eigenvalue weighted by atomic mass is 16.5. The van der Waals surface area contributed by atoms with Gasteiger partial charge in [-0.05, 0) is 48.6 Å². The second-order valence-electron chi connectivity index (χ2n) is 7.47. The number of hydrogen-bond donors (Lipinski definition) is 1. The summed E-state index contributed by atoms with van der Waals surface area (Å²) in [6.45, 7) is 6.61. The molecule has 1 heterocycles. The van der Waals surface area contributed by atoms with Crippen LogP contribution in [0.4, 0.5) is 11.4 Å². The van der Waals surface area contributed by atoms with Crippen LogP contribution in [-0.2, 0) is 9.59 Å². The molecule has 3 rings (SSSR count). The lowest BCUT2D eigenvalue weighted by atomic mass is 9.96. The highest BCUT2D eigenvalue weighted by Gasteiger charge is 2.36. The topological polar surface area (TPSA) is 58.6 Å². The summed E-state index contributed by atoms with van der Waals surface area (Å²) in [7, 11) is 1.59. The Morgan fingerprint density at radius 1 is 1.29 bits per heavy atom. The van der Waals surface area contributed by atoms with Crippen LogP contribution >= 0.6 is 0 Å². The van der Waals surface area contributed by atoms with E-state index in [1.165, 1.54) is 0 Å². The Hall–Kier alpha value is -2.82. The van der Waals surface area contributed by atoms with Gasteiger partial charge >= 0.3 is 0 Å². The van der Waals surface area contributed by atoms with Gasteiger partial charge in [-0.25, -0.2) is 0 Å². The number of rotatable bonds is 6. The van der Waals surface area contributed by atoms with Gasteiger partial charge in [-0.3, -0.25) is 9.59 Å². The molecule has 0 saturated carbocycles. The molecule has 1 N–H and O–H groups in total. The minimum absolute atomic E-state index is 0.0562. The van der Waals surface area contributed by atoms with Gasteiger partial charge in [0.15, 0.2) is 0 Å². The summed E-state index contributed by atoms with van der Waals surface area (Å²) in [5, 5.41) is 3.05. The van der Waals surface area contributed by atoms with Crippen molar-refractivity contribution >= 4 is 23.2 Å². The van der Waals surface area contributed by atoms with E-state index in [4.69, 9.17) is 4.74 Å². The molecule has 0 spiro atoms. The third-order valence-electron chi connectivity index (χ3n) is 5.48. The summed E-state index contributed by atoms with van der Waals surface area (Å²) < 4.78 is 5.41. The fourth-order valence-corrected chi connectivity index (χ4v) is 3.62. The molecule has 2 aromatic carbocycles. The van der Waals surface area contributed by atoms with E-state index in [0.717, 1.165) is 28.9 Å². The maximum Gasteiger partial charge on any atom is 0.229 e. The molecule has 5 heteroatoms. The third kappa shape index (κ3) is 4.03. The summed E-state index contributed by atoms with van der Waals surface area (Å²) in [6.07, 6.45) is 1.20. The molecule has 2 aromatic rings. The number of hydrogen-bond acceptors (Lipinski definition) is 3. The number of nitrogens with one attached hydrogen (secondary N) is 1. The fourth-order valence-electron chi connectivity index (χ4n) is 3.62. The van der Waals surface area contributed by atoms with E-state index in [0.29, 0.717) is 18.2 Å². The molecule has 0 aliphatic carbocycles. The van der Waals surface area contributed by atoms with Crippen LogP contribution in [0.5, 0.6) is 5.75 Å². The van der Waals surface area contributed by atoms with Crippen molar-refractivity contribution in [1.82, 2.24) is 0 Å². The lowest BCUT2D eigenvalue weighted by Gasteiger charge is -2.20. The highest BCUT2D eigenvalue weighted by molar-refractivity contribution is 6.04. The normalized spacial score (nSPS) is 17.5. The van der Waals surface area contributed by atoms with E-state index in [9.17, 15) is 9.59 Å². The monoisotopic (exact) mass is 380 g/mol. The first-order valence-corrected chi connectivity index (χ1v) is 9.79. The summed E-state index contributed by atoms with van der Waals surface area (Å²) in [5.74, 6) is 0.442. The molecular formula is C23H28N2O3. The number of para-hydroxylation sites is 1. The van der Waals surface area contributed by atoms with Crippen molar-refractivity contribution < 1.29 is 14.3 Å². The Bertz CT molecular complexity index is 878. The number of amides is 2. The number of anilines is 2. The molecule has 28 heavy (non-hydrogen) atoms. The zero-order valence-electron chi connectivity index (χ0n) is 17.0. The molecule has 2 unspecified atom stereocenters. The Kier molecular flexibility index (Phi) is 6.02. The fraction of sp³-hybridized carbons (Fsp3) is 0.391. The third-order valence-corrected chi connectivity index (χ3v) is 5.48. The van der Waals surface area contributed by atoms with Crippen LogP contribution in [0, 0.1) is 12.8 Å². The molecule has 148 valence electrons. The van der Waals surface area contributed by atoms with Crippen molar-refractivity contribution in [2.24, 2.45) is 5.92 Å². The SMILES string of the molecule is CCC(C)c1ccccc1NC(=O)C1CC(=O)N(c2cc(C)ccc2OC)C1. The number of carbonyl (C=O) groups excluding carboxylic acids is 2. The Labute approximate surface area is 166 Å². The first-order valence-electron chi connectivity index (χ1n) is 9.79. The average Bonchev–Trinajstić information content (AvgIpc) is 3.09. The molecule has 0 radical (unpaired) electrons. The number of aryl methyl sites for hydroxylation is 1. The van der Waals surface area contributed by atoms with Crippen molar-refractivity contribution in [2.45, 2.75) is 39.5 Å². The van der Waals surface area contributed by atoms with E-state index in [2.05, 4.69) is 19.2 Å². The second-order valence-corrected chi connectivity index (χ2v) is 7.47. The molecule has 5 nitrogen and oxygen atoms in total. The van der Waals surface area contributed by atoms with Crippen molar-refractivity contribution in [3.63, 3.8) is 0 Å². The van der Waals surface area contributed by atoms with E-state index in [-0.39, 0.29) is 24.2 Å². The van der Waals surface area contributed by atoms with Crippen molar-refractivity contribution in [3.05, 3.63) is 53.6 Å². The van der Waals surface area contributed by atoms with Crippen LogP contribution in [0.25, 0.3) is 0 Å². The van der Waals surface area contributed by atoms with Gasteiger partial charge in [0.1, 0.15) is 5.75 Å². The molecule has 2 amide bonds. The predicted octanol–water partition coefficient (Wildman–Crippen LogP) is 4.51. The van der Waals surface area contributed by atoms with E-state index < -0.39 is 0 Å². The maximum absolute atomic E-state index is 12.9. The minimum Gasteiger partial charge on any atom is -0.495 e.